The molecule has 184 valence electrons. The van der Waals surface area contributed by atoms with Crippen LogP contribution < -0.4 is 19.5 Å². The third kappa shape index (κ3) is 5.85. The quantitative estimate of drug-likeness (QED) is 0.378. The third-order valence-electron chi connectivity index (χ3n) is 5.75. The summed E-state index contributed by atoms with van der Waals surface area (Å²) in [5.41, 5.74) is 1.87. The van der Waals surface area contributed by atoms with E-state index < -0.39 is 11.6 Å². The summed E-state index contributed by atoms with van der Waals surface area (Å²) in [6.45, 7) is 3.40. The number of hydrogen-bond donors (Lipinski definition) is 1. The minimum atomic E-state index is -0.768. The summed E-state index contributed by atoms with van der Waals surface area (Å²) in [7, 11) is 1.35. The fourth-order valence-electron chi connectivity index (χ4n) is 3.54. The summed E-state index contributed by atoms with van der Waals surface area (Å²) in [5.74, 6) is -0.00727. The number of ketones is 1. The zero-order valence-corrected chi connectivity index (χ0v) is 19.9. The minimum Gasteiger partial charge on any atom is -0.494 e. The number of rotatable bonds is 11. The number of ether oxygens (including phenoxy) is 3. The minimum absolute atomic E-state index is 0.00590. The van der Waals surface area contributed by atoms with Gasteiger partial charge in [-0.05, 0) is 61.1 Å². The van der Waals surface area contributed by atoms with Gasteiger partial charge in [-0.1, -0.05) is 6.92 Å². The summed E-state index contributed by atoms with van der Waals surface area (Å²) in [5, 5.41) is 3.07. The van der Waals surface area contributed by atoms with Crippen LogP contribution in [0.4, 0.5) is 20.4 Å². The monoisotopic (exact) mass is 483 g/mol. The molecule has 1 saturated carbocycles. The number of nitrogens with one attached hydrogen (secondary N) is 1. The van der Waals surface area contributed by atoms with Gasteiger partial charge >= 0.3 is 0 Å². The van der Waals surface area contributed by atoms with Crippen LogP contribution in [0.15, 0.2) is 36.7 Å². The number of aromatic nitrogens is 2. The van der Waals surface area contributed by atoms with Crippen molar-refractivity contribution in [2.75, 3.05) is 19.0 Å². The molecule has 0 spiro atoms. The van der Waals surface area contributed by atoms with Crippen molar-refractivity contribution < 1.29 is 27.8 Å². The molecule has 0 amide bonds. The molecule has 7 nitrogen and oxygen atoms in total. The highest BCUT2D eigenvalue weighted by atomic mass is 19.1. The highest BCUT2D eigenvalue weighted by Gasteiger charge is 2.30. The van der Waals surface area contributed by atoms with Crippen molar-refractivity contribution in [3.63, 3.8) is 0 Å². The van der Waals surface area contributed by atoms with Gasteiger partial charge in [0.1, 0.15) is 24.8 Å². The second kappa shape index (κ2) is 10.7. The Hall–Kier alpha value is -3.75. The van der Waals surface area contributed by atoms with Crippen molar-refractivity contribution in [2.24, 2.45) is 0 Å². The number of Topliss-reactive ketones (excluding diaryl/α,β-unsaturated/α-hetero) is 1. The number of methoxy groups -OCH3 is 1. The van der Waals surface area contributed by atoms with Gasteiger partial charge in [-0.3, -0.25) is 4.79 Å². The predicted molar refractivity (Wildman–Crippen MR) is 127 cm³/mol. The standard InChI is InChI=1S/C26H27F2N3O4/c1-4-18(32)13-35-22-8-7-17(9-15(22)2)31-26-29-11-19(12-30-26)34-14-21-24(27)20(16-5-6-16)10-23(33-3)25(21)28/h7-12,16H,4-6,13-14H2,1-3H3,(H,29,30,31). The van der Waals surface area contributed by atoms with E-state index >= 15 is 0 Å². The van der Waals surface area contributed by atoms with Crippen molar-refractivity contribution in [1.82, 2.24) is 9.97 Å². The highest BCUT2D eigenvalue weighted by Crippen LogP contribution is 2.44. The Labute approximate surface area is 202 Å². The van der Waals surface area contributed by atoms with Crippen molar-refractivity contribution in [3.05, 3.63) is 65.0 Å². The van der Waals surface area contributed by atoms with Gasteiger partial charge in [-0.25, -0.2) is 18.7 Å². The van der Waals surface area contributed by atoms with Crippen LogP contribution in [0.5, 0.6) is 17.2 Å². The lowest BCUT2D eigenvalue weighted by Crippen LogP contribution is -2.10. The van der Waals surface area contributed by atoms with Crippen molar-refractivity contribution in [1.29, 1.82) is 0 Å². The molecule has 4 rings (SSSR count). The highest BCUT2D eigenvalue weighted by molar-refractivity contribution is 5.79. The van der Waals surface area contributed by atoms with Gasteiger partial charge in [0, 0.05) is 12.1 Å². The molecule has 2 aromatic carbocycles. The molecule has 0 radical (unpaired) electrons. The maximum Gasteiger partial charge on any atom is 0.227 e. The summed E-state index contributed by atoms with van der Waals surface area (Å²) >= 11 is 0. The molecule has 1 aromatic heterocycles. The van der Waals surface area contributed by atoms with Gasteiger partial charge in [0.15, 0.2) is 23.1 Å². The normalized spacial score (nSPS) is 12.8. The average molecular weight is 484 g/mol. The van der Waals surface area contributed by atoms with Crippen LogP contribution in [-0.4, -0.2) is 29.5 Å². The van der Waals surface area contributed by atoms with Crippen LogP contribution in [0.25, 0.3) is 0 Å². The largest absolute Gasteiger partial charge is 0.494 e. The van der Waals surface area contributed by atoms with Gasteiger partial charge in [0.25, 0.3) is 0 Å². The van der Waals surface area contributed by atoms with E-state index in [0.717, 1.165) is 24.1 Å². The van der Waals surface area contributed by atoms with Crippen LogP contribution in [0.3, 0.4) is 0 Å². The fraction of sp³-hybridized carbons (Fsp3) is 0.346. The molecule has 9 heteroatoms. The second-order valence-electron chi connectivity index (χ2n) is 8.37. The molecule has 0 saturated heterocycles. The van der Waals surface area contributed by atoms with Gasteiger partial charge in [0.2, 0.25) is 5.95 Å². The Balaban J connectivity index is 1.39. The molecule has 0 aliphatic heterocycles. The molecular weight excluding hydrogens is 456 g/mol. The molecule has 35 heavy (non-hydrogen) atoms. The van der Waals surface area contributed by atoms with Crippen LogP contribution in [0, 0.1) is 18.6 Å². The number of hydrogen-bond acceptors (Lipinski definition) is 7. The third-order valence-corrected chi connectivity index (χ3v) is 5.75. The van der Waals surface area contributed by atoms with Crippen LogP contribution in [0.2, 0.25) is 0 Å². The van der Waals surface area contributed by atoms with E-state index in [9.17, 15) is 13.6 Å². The molecule has 1 heterocycles. The maximum absolute atomic E-state index is 14.9. The lowest BCUT2D eigenvalue weighted by atomic mass is 10.0. The molecular formula is C26H27F2N3O4. The van der Waals surface area contributed by atoms with E-state index in [-0.39, 0.29) is 42.0 Å². The first kappa shape index (κ1) is 24.4. The van der Waals surface area contributed by atoms with E-state index in [4.69, 9.17) is 14.2 Å². The van der Waals surface area contributed by atoms with Gasteiger partial charge in [0.05, 0.1) is 25.1 Å². The van der Waals surface area contributed by atoms with E-state index in [1.807, 2.05) is 13.0 Å². The van der Waals surface area contributed by atoms with E-state index in [1.165, 1.54) is 25.6 Å². The summed E-state index contributed by atoms with van der Waals surface area (Å²) in [6.07, 6.45) is 5.03. The topological polar surface area (TPSA) is 82.6 Å². The Bertz CT molecular complexity index is 1210. The SMILES string of the molecule is CCC(=O)COc1ccc(Nc2ncc(OCc3c(F)c(OC)cc(C4CC4)c3F)cn2)cc1C. The van der Waals surface area contributed by atoms with Crippen LogP contribution in [-0.2, 0) is 11.4 Å². The second-order valence-corrected chi connectivity index (χ2v) is 8.37. The van der Waals surface area contributed by atoms with Crippen LogP contribution >= 0.6 is 0 Å². The molecule has 0 unspecified atom stereocenters. The summed E-state index contributed by atoms with van der Waals surface area (Å²) in [6, 6.07) is 6.84. The first-order valence-corrected chi connectivity index (χ1v) is 11.4. The van der Waals surface area contributed by atoms with Crippen molar-refractivity contribution >= 4 is 17.4 Å². The molecule has 1 fully saturated rings. The maximum atomic E-state index is 14.9. The molecule has 0 atom stereocenters. The molecule has 1 aliphatic carbocycles. The number of anilines is 2. The number of halogens is 2. The number of aryl methyl sites for hydroxylation is 1. The predicted octanol–water partition coefficient (Wildman–Crippen LogP) is 5.63. The Morgan fingerprint density at radius 1 is 1.09 bits per heavy atom. The van der Waals surface area contributed by atoms with E-state index in [0.29, 0.717) is 23.7 Å². The Morgan fingerprint density at radius 3 is 2.46 bits per heavy atom. The van der Waals surface area contributed by atoms with Crippen molar-refractivity contribution in [3.8, 4) is 17.2 Å². The van der Waals surface area contributed by atoms with Gasteiger partial charge in [-0.2, -0.15) is 0 Å². The molecule has 0 bridgehead atoms. The zero-order chi connectivity index (χ0) is 24.9. The molecule has 3 aromatic rings. The van der Waals surface area contributed by atoms with Gasteiger partial charge in [-0.15, -0.1) is 0 Å². The zero-order valence-electron chi connectivity index (χ0n) is 19.9. The lowest BCUT2D eigenvalue weighted by Gasteiger charge is -2.14. The Kier molecular flexibility index (Phi) is 7.43. The first-order chi connectivity index (χ1) is 16.9. The Morgan fingerprint density at radius 2 is 1.83 bits per heavy atom. The summed E-state index contributed by atoms with van der Waals surface area (Å²) in [4.78, 5) is 19.9. The van der Waals surface area contributed by atoms with Crippen LogP contribution in [0.1, 0.15) is 48.8 Å². The van der Waals surface area contributed by atoms with E-state index in [2.05, 4.69) is 15.3 Å². The average Bonchev–Trinajstić information content (AvgIpc) is 3.70. The summed E-state index contributed by atoms with van der Waals surface area (Å²) < 4.78 is 45.7. The number of nitrogens with zero attached hydrogens (tertiary/aromatic N) is 2. The number of carbonyl (C=O) groups is 1. The first-order valence-electron chi connectivity index (χ1n) is 11.4. The number of carbonyl (C=O) groups excluding carboxylic acids is 1. The fourth-order valence-corrected chi connectivity index (χ4v) is 3.54. The lowest BCUT2D eigenvalue weighted by molar-refractivity contribution is -0.120. The molecule has 1 aliphatic rings. The molecule has 1 N–H and O–H groups in total. The van der Waals surface area contributed by atoms with Crippen molar-refractivity contribution in [2.45, 2.75) is 45.6 Å². The number of benzene rings is 2. The van der Waals surface area contributed by atoms with E-state index in [1.54, 1.807) is 19.1 Å². The van der Waals surface area contributed by atoms with Gasteiger partial charge < -0.3 is 19.5 Å². The smallest absolute Gasteiger partial charge is 0.227 e.